The van der Waals surface area contributed by atoms with Crippen molar-refractivity contribution in [1.82, 2.24) is 20.2 Å². The summed E-state index contributed by atoms with van der Waals surface area (Å²) in [7, 11) is 0. The van der Waals surface area contributed by atoms with Gasteiger partial charge in [0.1, 0.15) is 17.7 Å². The average molecular weight is 376 g/mol. The van der Waals surface area contributed by atoms with Gasteiger partial charge < -0.3 is 5.32 Å². The fraction of sp³-hybridized carbons (Fsp3) is 0.227. The molecule has 5 nitrogen and oxygen atoms in total. The molecule has 0 saturated carbocycles. The van der Waals surface area contributed by atoms with Crippen molar-refractivity contribution in [3.8, 4) is 11.3 Å². The Morgan fingerprint density at radius 1 is 1.11 bits per heavy atom. The van der Waals surface area contributed by atoms with E-state index in [9.17, 15) is 9.18 Å². The molecule has 6 heteroatoms. The molecular formula is C22H21FN4O. The summed E-state index contributed by atoms with van der Waals surface area (Å²) in [6, 6.07) is 17.5. The average Bonchev–Trinajstić information content (AvgIpc) is 2.69. The van der Waals surface area contributed by atoms with Gasteiger partial charge in [0.05, 0.1) is 12.2 Å². The topological polar surface area (TPSA) is 58.1 Å². The Hall–Kier alpha value is -3.12. The molecule has 3 aromatic rings. The molecule has 2 heterocycles. The molecule has 1 atom stereocenters. The van der Waals surface area contributed by atoms with Crippen molar-refractivity contribution < 1.29 is 9.18 Å². The van der Waals surface area contributed by atoms with Crippen molar-refractivity contribution in [2.45, 2.75) is 19.5 Å². The van der Waals surface area contributed by atoms with Gasteiger partial charge in [0.2, 0.25) is 5.91 Å². The molecule has 0 radical (unpaired) electrons. The fourth-order valence-corrected chi connectivity index (χ4v) is 3.53. The largest absolute Gasteiger partial charge is 0.353 e. The molecule has 1 aliphatic heterocycles. The van der Waals surface area contributed by atoms with Crippen LogP contribution in [-0.2, 0) is 11.3 Å². The summed E-state index contributed by atoms with van der Waals surface area (Å²) < 4.78 is 13.3. The van der Waals surface area contributed by atoms with Gasteiger partial charge in [-0.25, -0.2) is 14.4 Å². The fourth-order valence-electron chi connectivity index (χ4n) is 3.53. The predicted octanol–water partition coefficient (Wildman–Crippen LogP) is 3.26. The van der Waals surface area contributed by atoms with Crippen molar-refractivity contribution >= 4 is 5.91 Å². The van der Waals surface area contributed by atoms with E-state index in [4.69, 9.17) is 4.98 Å². The number of carbonyl (C=O) groups excluding carboxylic acids is 1. The zero-order valence-corrected chi connectivity index (χ0v) is 15.6. The molecule has 142 valence electrons. The Bertz CT molecular complexity index is 976. The molecule has 1 unspecified atom stereocenters. The number of aryl methyl sites for hydroxylation is 1. The number of hydrogen-bond acceptors (Lipinski definition) is 4. The van der Waals surface area contributed by atoms with E-state index in [2.05, 4.69) is 10.3 Å². The lowest BCUT2D eigenvalue weighted by Gasteiger charge is -2.34. The van der Waals surface area contributed by atoms with Gasteiger partial charge in [0.25, 0.3) is 0 Å². The first kappa shape index (κ1) is 18.3. The smallest absolute Gasteiger partial charge is 0.242 e. The van der Waals surface area contributed by atoms with Crippen molar-refractivity contribution in [3.63, 3.8) is 0 Å². The Balaban J connectivity index is 1.64. The number of hydrogen-bond donors (Lipinski definition) is 1. The Morgan fingerprint density at radius 3 is 2.61 bits per heavy atom. The van der Waals surface area contributed by atoms with Gasteiger partial charge in [-0.05, 0) is 30.7 Å². The van der Waals surface area contributed by atoms with Crippen molar-refractivity contribution in [3.05, 3.63) is 83.6 Å². The summed E-state index contributed by atoms with van der Waals surface area (Å²) in [5, 5.41) is 2.89. The van der Waals surface area contributed by atoms with Crippen molar-refractivity contribution in [2.75, 3.05) is 13.1 Å². The minimum absolute atomic E-state index is 0.0891. The van der Waals surface area contributed by atoms with Crippen LogP contribution in [0.3, 0.4) is 0 Å². The monoisotopic (exact) mass is 376 g/mol. The normalized spacial score (nSPS) is 17.4. The highest BCUT2D eigenvalue weighted by molar-refractivity contribution is 5.83. The second-order valence-electron chi connectivity index (χ2n) is 6.89. The molecule has 2 aromatic carbocycles. The maximum absolute atomic E-state index is 13.3. The first-order valence-corrected chi connectivity index (χ1v) is 9.27. The van der Waals surface area contributed by atoms with Crippen molar-refractivity contribution in [1.29, 1.82) is 0 Å². The van der Waals surface area contributed by atoms with Crippen LogP contribution in [0.1, 0.15) is 23.1 Å². The van der Waals surface area contributed by atoms with Gasteiger partial charge in [0, 0.05) is 24.3 Å². The van der Waals surface area contributed by atoms with Crippen LogP contribution in [0.2, 0.25) is 0 Å². The Kier molecular flexibility index (Phi) is 5.12. The number of amides is 1. The lowest BCUT2D eigenvalue weighted by Crippen LogP contribution is -2.49. The summed E-state index contributed by atoms with van der Waals surface area (Å²) >= 11 is 0. The van der Waals surface area contributed by atoms with E-state index >= 15 is 0 Å². The number of benzene rings is 2. The van der Waals surface area contributed by atoms with Crippen LogP contribution in [0, 0.1) is 12.7 Å². The zero-order chi connectivity index (χ0) is 19.5. The van der Waals surface area contributed by atoms with Crippen LogP contribution in [0.25, 0.3) is 11.3 Å². The molecule has 0 spiro atoms. The summed E-state index contributed by atoms with van der Waals surface area (Å²) in [6.07, 6.45) is 0. The van der Waals surface area contributed by atoms with E-state index in [1.807, 2.05) is 48.2 Å². The zero-order valence-electron chi connectivity index (χ0n) is 15.6. The van der Waals surface area contributed by atoms with Crippen LogP contribution < -0.4 is 5.32 Å². The highest BCUT2D eigenvalue weighted by Crippen LogP contribution is 2.25. The molecule has 1 aliphatic rings. The third-order valence-electron chi connectivity index (χ3n) is 4.81. The first-order valence-electron chi connectivity index (χ1n) is 9.27. The standard InChI is InChI=1S/C22H21FN4O/c1-15-13-19(16-5-3-2-4-6-16)26-20(25-15)14-27-12-11-24-22(28)21(27)17-7-9-18(23)10-8-17/h2-10,13,21H,11-12,14H2,1H3,(H,24,28). The van der Waals surface area contributed by atoms with Gasteiger partial charge >= 0.3 is 0 Å². The first-order chi connectivity index (χ1) is 13.6. The molecule has 1 amide bonds. The molecule has 28 heavy (non-hydrogen) atoms. The van der Waals surface area contributed by atoms with Gasteiger partial charge in [-0.15, -0.1) is 0 Å². The van der Waals surface area contributed by atoms with E-state index in [0.29, 0.717) is 25.5 Å². The van der Waals surface area contributed by atoms with E-state index in [0.717, 1.165) is 22.5 Å². The molecule has 1 N–H and O–H groups in total. The Morgan fingerprint density at radius 2 is 1.86 bits per heavy atom. The van der Waals surface area contributed by atoms with Crippen LogP contribution >= 0.6 is 0 Å². The van der Waals surface area contributed by atoms with Crippen LogP contribution in [0.15, 0.2) is 60.7 Å². The number of nitrogens with one attached hydrogen (secondary N) is 1. The van der Waals surface area contributed by atoms with Gasteiger partial charge in [0.15, 0.2) is 0 Å². The number of carbonyl (C=O) groups is 1. The third kappa shape index (κ3) is 3.92. The molecule has 1 fully saturated rings. The lowest BCUT2D eigenvalue weighted by molar-refractivity contribution is -0.129. The van der Waals surface area contributed by atoms with Crippen molar-refractivity contribution in [2.24, 2.45) is 0 Å². The van der Waals surface area contributed by atoms with E-state index in [-0.39, 0.29) is 11.7 Å². The van der Waals surface area contributed by atoms with Crippen LogP contribution in [0.4, 0.5) is 4.39 Å². The maximum Gasteiger partial charge on any atom is 0.242 e. The minimum Gasteiger partial charge on any atom is -0.353 e. The number of halogens is 1. The molecular weight excluding hydrogens is 355 g/mol. The third-order valence-corrected chi connectivity index (χ3v) is 4.81. The summed E-state index contributed by atoms with van der Waals surface area (Å²) in [5.41, 5.74) is 3.53. The number of nitrogens with zero attached hydrogens (tertiary/aromatic N) is 3. The SMILES string of the molecule is Cc1cc(-c2ccccc2)nc(CN2CCNC(=O)C2c2ccc(F)cc2)n1. The lowest BCUT2D eigenvalue weighted by atomic mass is 10.0. The van der Waals surface area contributed by atoms with E-state index in [1.165, 1.54) is 12.1 Å². The quantitative estimate of drug-likeness (QED) is 0.759. The molecule has 1 saturated heterocycles. The highest BCUT2D eigenvalue weighted by Gasteiger charge is 2.31. The van der Waals surface area contributed by atoms with Gasteiger partial charge in [-0.1, -0.05) is 42.5 Å². The van der Waals surface area contributed by atoms with E-state index in [1.54, 1.807) is 12.1 Å². The number of rotatable bonds is 4. The Labute approximate surface area is 163 Å². The minimum atomic E-state index is -0.487. The molecule has 0 aliphatic carbocycles. The summed E-state index contributed by atoms with van der Waals surface area (Å²) in [5.74, 6) is 0.260. The number of aromatic nitrogens is 2. The number of piperazine rings is 1. The van der Waals surface area contributed by atoms with Gasteiger partial charge in [-0.2, -0.15) is 0 Å². The van der Waals surface area contributed by atoms with Crippen LogP contribution in [0.5, 0.6) is 0 Å². The maximum atomic E-state index is 13.3. The predicted molar refractivity (Wildman–Crippen MR) is 105 cm³/mol. The second kappa shape index (κ2) is 7.86. The second-order valence-corrected chi connectivity index (χ2v) is 6.89. The molecule has 4 rings (SSSR count). The summed E-state index contributed by atoms with van der Waals surface area (Å²) in [6.45, 7) is 3.62. The van der Waals surface area contributed by atoms with Crippen LogP contribution in [-0.4, -0.2) is 33.9 Å². The summed E-state index contributed by atoms with van der Waals surface area (Å²) in [4.78, 5) is 23.9. The van der Waals surface area contributed by atoms with Gasteiger partial charge in [-0.3, -0.25) is 9.69 Å². The molecule has 0 bridgehead atoms. The highest BCUT2D eigenvalue weighted by atomic mass is 19.1. The van der Waals surface area contributed by atoms with E-state index < -0.39 is 6.04 Å². The molecule has 1 aromatic heterocycles.